The van der Waals surface area contributed by atoms with Crippen LogP contribution in [-0.2, 0) is 0 Å². The van der Waals surface area contributed by atoms with Crippen LogP contribution in [0, 0.1) is 10.8 Å². The Balaban J connectivity index is 0.000000140. The fourth-order valence-corrected chi connectivity index (χ4v) is 5.96. The van der Waals surface area contributed by atoms with Gasteiger partial charge < -0.3 is 5.73 Å². The summed E-state index contributed by atoms with van der Waals surface area (Å²) in [6.45, 7) is 0. The molecular formula is C40H29N3. The van der Waals surface area contributed by atoms with Crippen molar-refractivity contribution in [1.29, 1.82) is 10.8 Å². The Morgan fingerprint density at radius 1 is 0.419 bits per heavy atom. The van der Waals surface area contributed by atoms with E-state index in [2.05, 4.69) is 109 Å². The number of allylic oxidation sites excluding steroid dienone is 4. The maximum atomic E-state index is 7.89. The summed E-state index contributed by atoms with van der Waals surface area (Å²) in [5.74, 6) is 0. The smallest absolute Gasteiger partial charge is 0.0795 e. The summed E-state index contributed by atoms with van der Waals surface area (Å²) < 4.78 is 0. The first-order chi connectivity index (χ1) is 21.1. The van der Waals surface area contributed by atoms with Crippen molar-refractivity contribution in [3.63, 3.8) is 0 Å². The van der Waals surface area contributed by atoms with Crippen LogP contribution in [0.25, 0.3) is 59.8 Å². The number of hydrogen-bond acceptors (Lipinski definition) is 3. The van der Waals surface area contributed by atoms with Crippen LogP contribution in [0.15, 0.2) is 152 Å². The molecule has 0 spiro atoms. The van der Waals surface area contributed by atoms with Crippen molar-refractivity contribution >= 4 is 65.8 Å². The van der Waals surface area contributed by atoms with Crippen LogP contribution in [0.3, 0.4) is 0 Å². The zero-order valence-electron chi connectivity index (χ0n) is 23.5. The van der Waals surface area contributed by atoms with Gasteiger partial charge in [0.25, 0.3) is 0 Å². The van der Waals surface area contributed by atoms with Gasteiger partial charge in [-0.15, -0.1) is 0 Å². The monoisotopic (exact) mass is 551 g/mol. The lowest BCUT2D eigenvalue weighted by molar-refractivity contribution is 1.49. The Kier molecular flexibility index (Phi) is 6.61. The van der Waals surface area contributed by atoms with E-state index < -0.39 is 0 Å². The van der Waals surface area contributed by atoms with Gasteiger partial charge in [-0.1, -0.05) is 115 Å². The number of anilines is 1. The summed E-state index contributed by atoms with van der Waals surface area (Å²) in [5.41, 5.74) is 11.7. The molecule has 3 nitrogen and oxygen atoms in total. The Hall–Kier alpha value is -5.80. The molecule has 204 valence electrons. The van der Waals surface area contributed by atoms with Gasteiger partial charge in [0.15, 0.2) is 0 Å². The van der Waals surface area contributed by atoms with Gasteiger partial charge >= 0.3 is 0 Å². The number of nitrogens with one attached hydrogen (secondary N) is 2. The molecule has 43 heavy (non-hydrogen) atoms. The van der Waals surface area contributed by atoms with Gasteiger partial charge in [-0.2, -0.15) is 0 Å². The first-order valence-electron chi connectivity index (χ1n) is 14.3. The molecule has 0 radical (unpaired) electrons. The van der Waals surface area contributed by atoms with E-state index in [1.807, 2.05) is 30.3 Å². The Labute approximate surface area is 250 Å². The first kappa shape index (κ1) is 26.1. The van der Waals surface area contributed by atoms with Crippen molar-refractivity contribution in [2.24, 2.45) is 0 Å². The summed E-state index contributed by atoms with van der Waals surface area (Å²) in [4.78, 5) is 0. The third-order valence-corrected chi connectivity index (χ3v) is 8.09. The highest BCUT2D eigenvalue weighted by atomic mass is 14.5. The quantitative estimate of drug-likeness (QED) is 0.112. The minimum absolute atomic E-state index is 0.258. The van der Waals surface area contributed by atoms with Gasteiger partial charge in [0.1, 0.15) is 0 Å². The molecule has 0 heterocycles. The number of nitrogens with two attached hydrogens (primary N) is 1. The highest BCUT2D eigenvalue weighted by molar-refractivity contribution is 6.50. The molecule has 0 saturated heterocycles. The second-order valence-electron chi connectivity index (χ2n) is 10.8. The van der Waals surface area contributed by atoms with Crippen molar-refractivity contribution in [3.8, 4) is 11.1 Å². The second kappa shape index (κ2) is 10.9. The van der Waals surface area contributed by atoms with E-state index in [1.165, 1.54) is 54.2 Å². The van der Waals surface area contributed by atoms with Crippen molar-refractivity contribution in [3.05, 3.63) is 157 Å². The molecule has 0 unspecified atom stereocenters. The van der Waals surface area contributed by atoms with E-state index >= 15 is 0 Å². The molecule has 0 aliphatic heterocycles. The summed E-state index contributed by atoms with van der Waals surface area (Å²) in [6, 6.07) is 46.4. The summed E-state index contributed by atoms with van der Waals surface area (Å²) in [7, 11) is 0. The molecule has 0 amide bonds. The molecule has 8 rings (SSSR count). The van der Waals surface area contributed by atoms with E-state index in [1.54, 1.807) is 12.2 Å². The van der Waals surface area contributed by atoms with Crippen LogP contribution in [0.2, 0.25) is 0 Å². The topological polar surface area (TPSA) is 73.7 Å². The minimum atomic E-state index is 0.258. The van der Waals surface area contributed by atoms with E-state index in [-0.39, 0.29) is 11.4 Å². The minimum Gasteiger partial charge on any atom is -0.399 e. The maximum Gasteiger partial charge on any atom is 0.0795 e. The zero-order valence-corrected chi connectivity index (χ0v) is 23.5. The lowest BCUT2D eigenvalue weighted by Gasteiger charge is -2.14. The fourth-order valence-electron chi connectivity index (χ4n) is 5.96. The third kappa shape index (κ3) is 4.87. The molecule has 3 heteroatoms. The lowest BCUT2D eigenvalue weighted by atomic mass is 9.90. The van der Waals surface area contributed by atoms with Gasteiger partial charge in [-0.25, -0.2) is 0 Å². The van der Waals surface area contributed by atoms with Crippen LogP contribution in [0.5, 0.6) is 0 Å². The van der Waals surface area contributed by atoms with Crippen LogP contribution >= 0.6 is 0 Å². The van der Waals surface area contributed by atoms with Crippen LogP contribution in [-0.4, -0.2) is 11.4 Å². The Morgan fingerprint density at radius 3 is 1.44 bits per heavy atom. The molecule has 0 atom stereocenters. The highest BCUT2D eigenvalue weighted by Gasteiger charge is 2.13. The van der Waals surface area contributed by atoms with Gasteiger partial charge in [-0.05, 0) is 102 Å². The Morgan fingerprint density at radius 2 is 0.884 bits per heavy atom. The number of fused-ring (bicyclic) bond motifs is 6. The second-order valence-corrected chi connectivity index (χ2v) is 10.8. The van der Waals surface area contributed by atoms with Gasteiger partial charge in [0.2, 0.25) is 0 Å². The van der Waals surface area contributed by atoms with Crippen molar-refractivity contribution in [2.45, 2.75) is 0 Å². The number of rotatable bonds is 2. The van der Waals surface area contributed by atoms with Crippen LogP contribution in [0.1, 0.15) is 5.56 Å². The molecule has 7 aromatic rings. The third-order valence-electron chi connectivity index (χ3n) is 8.09. The van der Waals surface area contributed by atoms with Gasteiger partial charge in [-0.3, -0.25) is 10.8 Å². The molecule has 1 aliphatic carbocycles. The van der Waals surface area contributed by atoms with Gasteiger partial charge in [0.05, 0.1) is 11.4 Å². The largest absolute Gasteiger partial charge is 0.399 e. The molecule has 1 aliphatic rings. The van der Waals surface area contributed by atoms with Crippen molar-refractivity contribution < 1.29 is 0 Å². The number of nitrogen functional groups attached to an aromatic ring is 1. The number of hydrogen-bond donors (Lipinski definition) is 3. The molecule has 0 bridgehead atoms. The van der Waals surface area contributed by atoms with E-state index in [4.69, 9.17) is 16.6 Å². The van der Waals surface area contributed by atoms with E-state index in [9.17, 15) is 0 Å². The molecule has 7 aromatic carbocycles. The van der Waals surface area contributed by atoms with E-state index in [0.717, 1.165) is 16.8 Å². The van der Waals surface area contributed by atoms with Crippen molar-refractivity contribution in [1.82, 2.24) is 0 Å². The summed E-state index contributed by atoms with van der Waals surface area (Å²) >= 11 is 0. The summed E-state index contributed by atoms with van der Waals surface area (Å²) in [6.07, 6.45) is 5.40. The zero-order chi connectivity index (χ0) is 29.3. The Bertz CT molecular complexity index is 2270. The standard InChI is InChI=1S/C20H14N2.C20H15N/c21-19-10-9-14(12-20(19)22)18-11-13-5-1-2-6-15(13)16-7-3-4-8-17(16)18;21-16-11-9-14(10-12-16)20-13-15-5-1-2-6-17(15)18-7-3-4-8-19(18)20/h1-12,21-22H;1-13H,21H2. The average Bonchev–Trinajstić information content (AvgIpc) is 3.06. The molecule has 0 aromatic heterocycles. The SMILES string of the molecule is N=C1C=CC(c2cc3ccccc3c3ccccc23)=CC1=N.Nc1ccc(-c2cc3ccccc3c3ccccc23)cc1. The highest BCUT2D eigenvalue weighted by Crippen LogP contribution is 2.35. The number of benzene rings is 7. The fraction of sp³-hybridized carbons (Fsp3) is 0. The summed E-state index contributed by atoms with van der Waals surface area (Å²) in [5, 5.41) is 25.5. The lowest BCUT2D eigenvalue weighted by Crippen LogP contribution is -2.09. The predicted octanol–water partition coefficient (Wildman–Crippen LogP) is 10.2. The average molecular weight is 552 g/mol. The van der Waals surface area contributed by atoms with Crippen LogP contribution < -0.4 is 5.73 Å². The molecular weight excluding hydrogens is 522 g/mol. The maximum absolute atomic E-state index is 7.89. The van der Waals surface area contributed by atoms with Crippen LogP contribution in [0.4, 0.5) is 5.69 Å². The van der Waals surface area contributed by atoms with Gasteiger partial charge in [0, 0.05) is 5.69 Å². The van der Waals surface area contributed by atoms with Crippen molar-refractivity contribution in [2.75, 3.05) is 5.73 Å². The molecule has 0 saturated carbocycles. The molecule has 0 fully saturated rings. The first-order valence-corrected chi connectivity index (χ1v) is 14.3. The normalized spacial score (nSPS) is 12.9. The van der Waals surface area contributed by atoms with E-state index in [0.29, 0.717) is 0 Å². The molecule has 4 N–H and O–H groups in total. The predicted molar refractivity (Wildman–Crippen MR) is 185 cm³/mol.